The van der Waals surface area contributed by atoms with Crippen LogP contribution in [0.15, 0.2) is 59.1 Å². The van der Waals surface area contributed by atoms with Gasteiger partial charge in [0.1, 0.15) is 0 Å². The van der Waals surface area contributed by atoms with Gasteiger partial charge in [0.15, 0.2) is 0 Å². The summed E-state index contributed by atoms with van der Waals surface area (Å²) in [5.74, 6) is 0. The highest BCUT2D eigenvalue weighted by Crippen LogP contribution is 2.15. The number of hydrogen-bond donors (Lipinski definition) is 1. The van der Waals surface area contributed by atoms with Crippen molar-refractivity contribution in [3.05, 3.63) is 75.9 Å². The monoisotopic (exact) mass is 340 g/mol. The lowest BCUT2D eigenvalue weighted by atomic mass is 10.1. The molecular formula is C18H17BrN2. The summed E-state index contributed by atoms with van der Waals surface area (Å²) in [5, 5.41) is 4.68. The van der Waals surface area contributed by atoms with Gasteiger partial charge < -0.3 is 5.32 Å². The number of fused-ring (bicyclic) bond motifs is 1. The number of aromatic nitrogens is 1. The molecule has 0 radical (unpaired) electrons. The Balaban J connectivity index is 1.65. The van der Waals surface area contributed by atoms with E-state index in [0.29, 0.717) is 0 Å². The fourth-order valence-corrected chi connectivity index (χ4v) is 2.60. The summed E-state index contributed by atoms with van der Waals surface area (Å²) in [4.78, 5) is 4.53. The first-order valence-electron chi connectivity index (χ1n) is 7.02. The van der Waals surface area contributed by atoms with Crippen LogP contribution in [0.3, 0.4) is 0 Å². The fraction of sp³-hybridized carbons (Fsp3) is 0.167. The van der Waals surface area contributed by atoms with Crippen molar-refractivity contribution >= 4 is 26.8 Å². The molecule has 0 spiro atoms. The molecule has 0 aliphatic heterocycles. The maximum Gasteiger partial charge on any atom is 0.0705 e. The van der Waals surface area contributed by atoms with E-state index in [9.17, 15) is 0 Å². The van der Waals surface area contributed by atoms with E-state index in [1.54, 1.807) is 0 Å². The minimum absolute atomic E-state index is 0.861. The lowest BCUT2D eigenvalue weighted by Crippen LogP contribution is -2.12. The predicted molar refractivity (Wildman–Crippen MR) is 91.2 cm³/mol. The zero-order chi connectivity index (χ0) is 14.7. The van der Waals surface area contributed by atoms with E-state index in [0.717, 1.165) is 28.8 Å². The Morgan fingerprint density at radius 2 is 1.62 bits per heavy atom. The third kappa shape index (κ3) is 3.69. The van der Waals surface area contributed by atoms with E-state index >= 15 is 0 Å². The Morgan fingerprint density at radius 3 is 2.43 bits per heavy atom. The first kappa shape index (κ1) is 14.2. The molecule has 0 aliphatic carbocycles. The van der Waals surface area contributed by atoms with Crippen molar-refractivity contribution in [2.45, 2.75) is 20.0 Å². The van der Waals surface area contributed by atoms with E-state index in [4.69, 9.17) is 0 Å². The molecule has 3 heteroatoms. The number of hydrogen-bond acceptors (Lipinski definition) is 2. The highest BCUT2D eigenvalue weighted by Gasteiger charge is 1.99. The van der Waals surface area contributed by atoms with Gasteiger partial charge in [0, 0.05) is 28.6 Å². The first-order valence-corrected chi connectivity index (χ1v) is 7.81. The van der Waals surface area contributed by atoms with E-state index in [1.807, 2.05) is 6.92 Å². The molecule has 0 bridgehead atoms. The van der Waals surface area contributed by atoms with Crippen LogP contribution in [0.4, 0.5) is 0 Å². The molecule has 0 saturated heterocycles. The van der Waals surface area contributed by atoms with Gasteiger partial charge in [-0.15, -0.1) is 0 Å². The summed E-state index contributed by atoms with van der Waals surface area (Å²) in [5.41, 5.74) is 4.69. The predicted octanol–water partition coefficient (Wildman–Crippen LogP) is 4.60. The van der Waals surface area contributed by atoms with Gasteiger partial charge in [-0.3, -0.25) is 4.98 Å². The summed E-state index contributed by atoms with van der Waals surface area (Å²) in [6.07, 6.45) is 0. The molecule has 0 saturated carbocycles. The third-order valence-corrected chi connectivity index (χ3v) is 3.99. The van der Waals surface area contributed by atoms with Crippen molar-refractivity contribution in [3.8, 4) is 0 Å². The third-order valence-electron chi connectivity index (χ3n) is 3.46. The second-order valence-corrected chi connectivity index (χ2v) is 6.13. The Bertz CT molecular complexity index is 751. The molecular weight excluding hydrogens is 324 g/mol. The van der Waals surface area contributed by atoms with E-state index in [-0.39, 0.29) is 0 Å². The topological polar surface area (TPSA) is 24.9 Å². The number of benzene rings is 2. The Kier molecular flexibility index (Phi) is 4.32. The maximum atomic E-state index is 4.53. The molecule has 106 valence electrons. The van der Waals surface area contributed by atoms with Crippen LogP contribution < -0.4 is 5.32 Å². The average molecular weight is 341 g/mol. The van der Waals surface area contributed by atoms with Crippen molar-refractivity contribution in [2.24, 2.45) is 0 Å². The summed E-state index contributed by atoms with van der Waals surface area (Å²) < 4.78 is 1.11. The van der Waals surface area contributed by atoms with Gasteiger partial charge in [0.25, 0.3) is 0 Å². The number of halogens is 1. The zero-order valence-electron chi connectivity index (χ0n) is 11.9. The minimum atomic E-state index is 0.861. The van der Waals surface area contributed by atoms with Gasteiger partial charge in [-0.05, 0) is 48.4 Å². The van der Waals surface area contributed by atoms with E-state index in [2.05, 4.69) is 80.8 Å². The molecule has 1 heterocycles. The largest absolute Gasteiger partial charge is 0.309 e. The van der Waals surface area contributed by atoms with Gasteiger partial charge in [-0.1, -0.05) is 40.2 Å². The fourth-order valence-electron chi connectivity index (χ4n) is 2.34. The van der Waals surface area contributed by atoms with Crippen molar-refractivity contribution in [3.63, 3.8) is 0 Å². The highest BCUT2D eigenvalue weighted by atomic mass is 79.9. The van der Waals surface area contributed by atoms with Crippen molar-refractivity contribution in [1.29, 1.82) is 0 Å². The average Bonchev–Trinajstić information content (AvgIpc) is 2.49. The normalized spacial score (nSPS) is 11.0. The molecule has 2 aromatic carbocycles. The number of aryl methyl sites for hydroxylation is 1. The summed E-state index contributed by atoms with van der Waals surface area (Å²) in [6.45, 7) is 3.75. The van der Waals surface area contributed by atoms with Crippen LogP contribution in [0.2, 0.25) is 0 Å². The van der Waals surface area contributed by atoms with Crippen LogP contribution in [0.1, 0.15) is 16.8 Å². The second-order valence-electron chi connectivity index (χ2n) is 5.21. The SMILES string of the molecule is Cc1ccc2cc(CNCc3ccc(Br)cc3)ccc2n1. The molecule has 3 rings (SSSR count). The summed E-state index contributed by atoms with van der Waals surface area (Å²) in [6, 6.07) is 19.0. The molecule has 0 aliphatic rings. The van der Waals surface area contributed by atoms with Crippen LogP contribution >= 0.6 is 15.9 Å². The van der Waals surface area contributed by atoms with Gasteiger partial charge in [-0.25, -0.2) is 0 Å². The van der Waals surface area contributed by atoms with Gasteiger partial charge in [-0.2, -0.15) is 0 Å². The van der Waals surface area contributed by atoms with Crippen molar-refractivity contribution < 1.29 is 0 Å². The second kappa shape index (κ2) is 6.37. The quantitative estimate of drug-likeness (QED) is 0.750. The number of rotatable bonds is 4. The van der Waals surface area contributed by atoms with Crippen LogP contribution in [0.5, 0.6) is 0 Å². The van der Waals surface area contributed by atoms with Crippen LogP contribution in [-0.4, -0.2) is 4.98 Å². The molecule has 21 heavy (non-hydrogen) atoms. The molecule has 2 nitrogen and oxygen atoms in total. The number of nitrogens with one attached hydrogen (secondary N) is 1. The smallest absolute Gasteiger partial charge is 0.0705 e. The van der Waals surface area contributed by atoms with E-state index in [1.165, 1.54) is 16.5 Å². The number of nitrogens with zero attached hydrogens (tertiary/aromatic N) is 1. The highest BCUT2D eigenvalue weighted by molar-refractivity contribution is 9.10. The zero-order valence-corrected chi connectivity index (χ0v) is 13.5. The summed E-state index contributed by atoms with van der Waals surface area (Å²) in [7, 11) is 0. The molecule has 0 atom stereocenters. The molecule has 1 aromatic heterocycles. The molecule has 1 N–H and O–H groups in total. The molecule has 3 aromatic rings. The molecule has 0 amide bonds. The van der Waals surface area contributed by atoms with Gasteiger partial charge in [0.2, 0.25) is 0 Å². The Morgan fingerprint density at radius 1 is 0.905 bits per heavy atom. The van der Waals surface area contributed by atoms with Crippen molar-refractivity contribution in [1.82, 2.24) is 10.3 Å². The maximum absolute atomic E-state index is 4.53. The standard InChI is InChI=1S/C18H17BrN2/c1-13-2-6-16-10-15(5-9-18(16)21-13)12-20-11-14-3-7-17(19)8-4-14/h2-10,20H,11-12H2,1H3. The van der Waals surface area contributed by atoms with Crippen molar-refractivity contribution in [2.75, 3.05) is 0 Å². The lowest BCUT2D eigenvalue weighted by Gasteiger charge is -2.07. The van der Waals surface area contributed by atoms with Crippen LogP contribution in [0, 0.1) is 6.92 Å². The number of pyridine rings is 1. The van der Waals surface area contributed by atoms with Crippen LogP contribution in [-0.2, 0) is 13.1 Å². The first-order chi connectivity index (χ1) is 10.2. The lowest BCUT2D eigenvalue weighted by molar-refractivity contribution is 0.694. The van der Waals surface area contributed by atoms with E-state index < -0.39 is 0 Å². The summed E-state index contributed by atoms with van der Waals surface area (Å²) >= 11 is 3.45. The minimum Gasteiger partial charge on any atom is -0.309 e. The van der Waals surface area contributed by atoms with Crippen LogP contribution in [0.25, 0.3) is 10.9 Å². The Hall–Kier alpha value is -1.71. The van der Waals surface area contributed by atoms with Gasteiger partial charge in [0.05, 0.1) is 5.52 Å². The van der Waals surface area contributed by atoms with Gasteiger partial charge >= 0.3 is 0 Å². The Labute approximate surface area is 133 Å². The molecule has 0 unspecified atom stereocenters. The molecule has 0 fully saturated rings.